The molecule has 4 aromatic rings. The molecule has 9 nitrogen and oxygen atoms in total. The molecular formula is C34H37FN2O7S. The van der Waals surface area contributed by atoms with Gasteiger partial charge in [-0.1, -0.05) is 12.1 Å². The first-order valence-corrected chi connectivity index (χ1v) is 16.8. The van der Waals surface area contributed by atoms with E-state index >= 15 is 0 Å². The van der Waals surface area contributed by atoms with Crippen molar-refractivity contribution in [3.05, 3.63) is 88.7 Å². The minimum absolute atomic E-state index is 0.174. The maximum atomic E-state index is 13.6. The number of nitrogens with zero attached hydrogens (tertiary/aromatic N) is 1. The van der Waals surface area contributed by atoms with E-state index < -0.39 is 15.8 Å². The monoisotopic (exact) mass is 636 g/mol. The van der Waals surface area contributed by atoms with E-state index in [0.717, 1.165) is 36.8 Å². The van der Waals surface area contributed by atoms with Gasteiger partial charge >= 0.3 is 5.97 Å². The fraction of sp³-hybridized carbons (Fsp3) is 0.353. The average molecular weight is 637 g/mol. The number of carbonyl (C=O) groups is 2. The van der Waals surface area contributed by atoms with E-state index in [4.69, 9.17) is 13.9 Å². The number of benzene rings is 3. The van der Waals surface area contributed by atoms with Crippen molar-refractivity contribution in [2.45, 2.75) is 38.0 Å². The van der Waals surface area contributed by atoms with Gasteiger partial charge in [0.1, 0.15) is 17.2 Å². The molecule has 0 spiro atoms. The number of sulfonamides is 1. The Balaban J connectivity index is 1.31. The van der Waals surface area contributed by atoms with Crippen LogP contribution in [0.15, 0.2) is 65.1 Å². The Kier molecular flexibility index (Phi) is 9.89. The number of halogens is 1. The molecule has 1 N–H and O–H groups in total. The molecule has 0 aliphatic heterocycles. The van der Waals surface area contributed by atoms with Gasteiger partial charge in [-0.15, -0.1) is 0 Å². The van der Waals surface area contributed by atoms with Crippen LogP contribution in [0.3, 0.4) is 0 Å². The van der Waals surface area contributed by atoms with Crippen LogP contribution in [0.4, 0.5) is 10.1 Å². The molecule has 1 aliphatic carbocycles. The van der Waals surface area contributed by atoms with E-state index in [1.165, 1.54) is 36.9 Å². The summed E-state index contributed by atoms with van der Waals surface area (Å²) in [5.74, 6) is -0.660. The molecule has 1 heterocycles. The molecule has 1 fully saturated rings. The number of nitrogens with one attached hydrogen (secondary N) is 1. The van der Waals surface area contributed by atoms with Crippen LogP contribution < -0.4 is 9.62 Å². The second-order valence-corrected chi connectivity index (χ2v) is 13.1. The van der Waals surface area contributed by atoms with Crippen LogP contribution in [-0.4, -0.2) is 60.5 Å². The minimum atomic E-state index is -3.66. The van der Waals surface area contributed by atoms with Gasteiger partial charge in [-0.2, -0.15) is 0 Å². The zero-order valence-corrected chi connectivity index (χ0v) is 26.4. The maximum absolute atomic E-state index is 13.6. The number of anilines is 1. The first-order valence-electron chi connectivity index (χ1n) is 14.9. The number of carbonyl (C=O) groups excluding carboxylic acids is 2. The van der Waals surface area contributed by atoms with Crippen LogP contribution >= 0.6 is 0 Å². The Morgan fingerprint density at radius 1 is 1.02 bits per heavy atom. The van der Waals surface area contributed by atoms with Gasteiger partial charge in [-0.25, -0.2) is 17.6 Å². The largest absolute Gasteiger partial charge is 0.465 e. The number of amides is 1. The van der Waals surface area contributed by atoms with Crippen molar-refractivity contribution >= 4 is 38.6 Å². The van der Waals surface area contributed by atoms with Gasteiger partial charge < -0.3 is 19.2 Å². The number of furan rings is 1. The SMILES string of the molecule is CNC(=O)c1c(-c2ccc(F)cc2)oc2cc(N(CCCOCCCc3ccc(C(=O)OC)cc3)S(C)(=O)=O)c(C3CC3)cc12. The fourth-order valence-corrected chi connectivity index (χ4v) is 6.40. The summed E-state index contributed by atoms with van der Waals surface area (Å²) in [6, 6.07) is 16.5. The van der Waals surface area contributed by atoms with Crippen molar-refractivity contribution in [3.8, 4) is 11.3 Å². The van der Waals surface area contributed by atoms with Gasteiger partial charge in [0, 0.05) is 43.8 Å². The predicted molar refractivity (Wildman–Crippen MR) is 171 cm³/mol. The highest BCUT2D eigenvalue weighted by Gasteiger charge is 2.33. The van der Waals surface area contributed by atoms with Crippen molar-refractivity contribution in [1.29, 1.82) is 0 Å². The summed E-state index contributed by atoms with van der Waals surface area (Å²) < 4.78 is 57.9. The standard InChI is InChI=1S/C34H37FN2O7S/c1-36-33(38)31-28-20-27(23-11-12-23)29(21-30(28)44-32(31)24-13-15-26(35)16-14-24)37(45(3,40)41)17-5-19-43-18-4-6-22-7-9-25(10-8-22)34(39)42-2/h7-10,13-16,20-21,23H,4-6,11-12,17-19H2,1-3H3,(H,36,38). The minimum Gasteiger partial charge on any atom is -0.465 e. The molecule has 45 heavy (non-hydrogen) atoms. The van der Waals surface area contributed by atoms with E-state index in [-0.39, 0.29) is 24.3 Å². The lowest BCUT2D eigenvalue weighted by atomic mass is 10.0. The third-order valence-corrected chi connectivity index (χ3v) is 9.04. The first-order chi connectivity index (χ1) is 21.6. The summed E-state index contributed by atoms with van der Waals surface area (Å²) in [5, 5.41) is 3.24. The van der Waals surface area contributed by atoms with Gasteiger partial charge in [0.2, 0.25) is 10.0 Å². The number of hydrogen-bond acceptors (Lipinski definition) is 7. The lowest BCUT2D eigenvalue weighted by Crippen LogP contribution is -2.32. The van der Waals surface area contributed by atoms with Crippen LogP contribution in [0.5, 0.6) is 0 Å². The molecule has 0 atom stereocenters. The topological polar surface area (TPSA) is 115 Å². The van der Waals surface area contributed by atoms with Crippen molar-refractivity contribution < 1.29 is 36.3 Å². The highest BCUT2D eigenvalue weighted by atomic mass is 32.2. The number of methoxy groups -OCH3 is 1. The molecule has 238 valence electrons. The number of ether oxygens (including phenoxy) is 2. The molecular weight excluding hydrogens is 599 g/mol. The molecule has 1 aromatic heterocycles. The number of fused-ring (bicyclic) bond motifs is 1. The van der Waals surface area contributed by atoms with Gasteiger partial charge in [0.25, 0.3) is 5.91 Å². The molecule has 1 aliphatic rings. The normalized spacial score (nSPS) is 13.2. The van der Waals surface area contributed by atoms with Crippen LogP contribution in [0.1, 0.15) is 63.4 Å². The summed E-state index contributed by atoms with van der Waals surface area (Å²) in [6.45, 7) is 1.11. The zero-order valence-electron chi connectivity index (χ0n) is 25.6. The van der Waals surface area contributed by atoms with Crippen LogP contribution in [0, 0.1) is 5.82 Å². The van der Waals surface area contributed by atoms with Crippen LogP contribution in [0.2, 0.25) is 0 Å². The highest BCUT2D eigenvalue weighted by molar-refractivity contribution is 7.92. The third-order valence-electron chi connectivity index (χ3n) is 7.86. The molecule has 1 amide bonds. The maximum Gasteiger partial charge on any atom is 0.337 e. The van der Waals surface area contributed by atoms with Gasteiger partial charge in [-0.05, 0) is 91.6 Å². The van der Waals surface area contributed by atoms with Crippen molar-refractivity contribution in [3.63, 3.8) is 0 Å². The Morgan fingerprint density at radius 3 is 2.33 bits per heavy atom. The third kappa shape index (κ3) is 7.54. The zero-order chi connectivity index (χ0) is 32.1. The van der Waals surface area contributed by atoms with E-state index in [1.54, 1.807) is 30.3 Å². The smallest absolute Gasteiger partial charge is 0.337 e. The average Bonchev–Trinajstić information content (AvgIpc) is 3.81. The molecule has 11 heteroatoms. The van der Waals surface area contributed by atoms with Crippen molar-refractivity contribution in [2.24, 2.45) is 0 Å². The molecule has 3 aromatic carbocycles. The van der Waals surface area contributed by atoms with E-state index in [0.29, 0.717) is 58.7 Å². The van der Waals surface area contributed by atoms with Crippen LogP contribution in [-0.2, 0) is 25.9 Å². The number of rotatable bonds is 14. The second kappa shape index (κ2) is 13.8. The summed E-state index contributed by atoms with van der Waals surface area (Å²) in [5.41, 5.74) is 4.20. The molecule has 0 saturated heterocycles. The van der Waals surface area contributed by atoms with Gasteiger partial charge in [-0.3, -0.25) is 9.10 Å². The summed E-state index contributed by atoms with van der Waals surface area (Å²) in [6.07, 6.45) is 5.06. The quantitative estimate of drug-likeness (QED) is 0.132. The first kappa shape index (κ1) is 32.2. The van der Waals surface area contributed by atoms with E-state index in [9.17, 15) is 22.4 Å². The lowest BCUT2D eigenvalue weighted by Gasteiger charge is -2.25. The summed E-state index contributed by atoms with van der Waals surface area (Å²) >= 11 is 0. The molecule has 0 bridgehead atoms. The number of esters is 1. The molecule has 5 rings (SSSR count). The Bertz CT molecular complexity index is 1780. The summed E-state index contributed by atoms with van der Waals surface area (Å²) in [4.78, 5) is 24.6. The van der Waals surface area contributed by atoms with E-state index in [2.05, 4.69) is 5.32 Å². The van der Waals surface area contributed by atoms with Crippen molar-refractivity contribution in [2.75, 3.05) is 44.5 Å². The predicted octanol–water partition coefficient (Wildman–Crippen LogP) is 6.07. The fourth-order valence-electron chi connectivity index (χ4n) is 5.42. The second-order valence-electron chi connectivity index (χ2n) is 11.2. The van der Waals surface area contributed by atoms with Crippen molar-refractivity contribution in [1.82, 2.24) is 5.32 Å². The Hall–Kier alpha value is -4.22. The number of aryl methyl sites for hydroxylation is 1. The molecule has 0 radical (unpaired) electrons. The highest BCUT2D eigenvalue weighted by Crippen LogP contribution is 2.48. The Morgan fingerprint density at radius 2 is 1.71 bits per heavy atom. The van der Waals surface area contributed by atoms with E-state index in [1.807, 2.05) is 18.2 Å². The van der Waals surface area contributed by atoms with Gasteiger partial charge in [0.05, 0.1) is 30.2 Å². The van der Waals surface area contributed by atoms with Crippen LogP contribution in [0.25, 0.3) is 22.3 Å². The lowest BCUT2D eigenvalue weighted by molar-refractivity contribution is 0.0600. The number of hydrogen-bond donors (Lipinski definition) is 1. The summed E-state index contributed by atoms with van der Waals surface area (Å²) in [7, 11) is -0.778. The van der Waals surface area contributed by atoms with Gasteiger partial charge in [0.15, 0.2) is 0 Å². The molecule has 0 unspecified atom stereocenters. The molecule has 1 saturated carbocycles. The Labute approximate surface area is 262 Å².